The van der Waals surface area contributed by atoms with E-state index in [2.05, 4.69) is 17.2 Å². The highest BCUT2D eigenvalue weighted by molar-refractivity contribution is 7.12. The fraction of sp³-hybridized carbons (Fsp3) is 0.417. The van der Waals surface area contributed by atoms with Crippen LogP contribution in [-0.4, -0.2) is 25.2 Å². The molecule has 0 bridgehead atoms. The highest BCUT2D eigenvalue weighted by atomic mass is 32.1. The van der Waals surface area contributed by atoms with Crippen molar-refractivity contribution in [2.24, 2.45) is 0 Å². The van der Waals surface area contributed by atoms with E-state index in [-0.39, 0.29) is 0 Å². The molecular formula is C12H16N2O2S. The number of methoxy groups -OCH3 is 1. The molecule has 4 nitrogen and oxygen atoms in total. The summed E-state index contributed by atoms with van der Waals surface area (Å²) in [5.74, 6) is 0.835. The Hall–Kier alpha value is -1.17. The van der Waals surface area contributed by atoms with Gasteiger partial charge >= 0.3 is 0 Å². The number of rotatable bonds is 6. The number of hydrogen-bond donors (Lipinski definition) is 1. The van der Waals surface area contributed by atoms with Gasteiger partial charge in [-0.3, -0.25) is 0 Å². The molecule has 0 saturated carbocycles. The third kappa shape index (κ3) is 3.15. The quantitative estimate of drug-likeness (QED) is 0.802. The molecule has 0 aliphatic carbocycles. The molecule has 0 aliphatic heterocycles. The molecule has 2 aromatic rings. The molecule has 17 heavy (non-hydrogen) atoms. The first-order chi connectivity index (χ1) is 8.31. The molecule has 1 N–H and O–H groups in total. The zero-order valence-corrected chi connectivity index (χ0v) is 10.8. The maximum atomic E-state index is 5.36. The topological polar surface area (TPSA) is 47.3 Å². The summed E-state index contributed by atoms with van der Waals surface area (Å²) in [7, 11) is 1.70. The standard InChI is InChI=1S/C12H16N2O2S/c1-9-12(10-4-3-6-16-10)14-11(17-9)8-13-5-7-15-2/h3-4,6,13H,5,7-8H2,1-2H3. The van der Waals surface area contributed by atoms with Crippen LogP contribution in [0.5, 0.6) is 0 Å². The number of thiazole rings is 1. The molecule has 0 spiro atoms. The maximum absolute atomic E-state index is 5.36. The van der Waals surface area contributed by atoms with Gasteiger partial charge in [-0.1, -0.05) is 0 Å². The fourth-order valence-corrected chi connectivity index (χ4v) is 2.45. The molecule has 0 aromatic carbocycles. The van der Waals surface area contributed by atoms with E-state index in [0.29, 0.717) is 0 Å². The van der Waals surface area contributed by atoms with Crippen LogP contribution in [0.2, 0.25) is 0 Å². The van der Waals surface area contributed by atoms with Gasteiger partial charge in [0.05, 0.1) is 12.9 Å². The Balaban J connectivity index is 1.99. The highest BCUT2D eigenvalue weighted by Gasteiger charge is 2.11. The van der Waals surface area contributed by atoms with E-state index in [1.165, 1.54) is 4.88 Å². The lowest BCUT2D eigenvalue weighted by atomic mass is 10.3. The molecule has 2 aromatic heterocycles. The minimum Gasteiger partial charge on any atom is -0.463 e. The molecule has 2 heterocycles. The normalized spacial score (nSPS) is 10.9. The van der Waals surface area contributed by atoms with Crippen molar-refractivity contribution in [1.29, 1.82) is 0 Å². The molecule has 0 unspecified atom stereocenters. The summed E-state index contributed by atoms with van der Waals surface area (Å²) in [6.07, 6.45) is 1.67. The molecule has 2 rings (SSSR count). The largest absolute Gasteiger partial charge is 0.463 e. The first-order valence-corrected chi connectivity index (χ1v) is 6.32. The van der Waals surface area contributed by atoms with E-state index >= 15 is 0 Å². The Morgan fingerprint density at radius 1 is 1.53 bits per heavy atom. The molecule has 0 amide bonds. The second kappa shape index (κ2) is 5.95. The third-order valence-corrected chi connectivity index (χ3v) is 3.33. The summed E-state index contributed by atoms with van der Waals surface area (Å²) in [6, 6.07) is 3.81. The van der Waals surface area contributed by atoms with Crippen LogP contribution >= 0.6 is 11.3 Å². The first-order valence-electron chi connectivity index (χ1n) is 5.51. The van der Waals surface area contributed by atoms with Crippen molar-refractivity contribution in [3.63, 3.8) is 0 Å². The van der Waals surface area contributed by atoms with Gasteiger partial charge in [-0.2, -0.15) is 0 Å². The average Bonchev–Trinajstić information content (AvgIpc) is 2.93. The Morgan fingerprint density at radius 3 is 3.12 bits per heavy atom. The number of ether oxygens (including phenoxy) is 1. The van der Waals surface area contributed by atoms with Crippen LogP contribution in [0.15, 0.2) is 22.8 Å². The molecule has 0 atom stereocenters. The number of furan rings is 1. The number of aryl methyl sites for hydroxylation is 1. The van der Waals surface area contributed by atoms with Crippen molar-refractivity contribution in [1.82, 2.24) is 10.3 Å². The van der Waals surface area contributed by atoms with Crippen LogP contribution in [0.4, 0.5) is 0 Å². The van der Waals surface area contributed by atoms with Crippen molar-refractivity contribution >= 4 is 11.3 Å². The van der Waals surface area contributed by atoms with Crippen LogP contribution in [-0.2, 0) is 11.3 Å². The van der Waals surface area contributed by atoms with E-state index in [0.717, 1.165) is 36.2 Å². The van der Waals surface area contributed by atoms with Gasteiger partial charge in [-0.25, -0.2) is 4.98 Å². The monoisotopic (exact) mass is 252 g/mol. The second-order valence-corrected chi connectivity index (χ2v) is 4.95. The van der Waals surface area contributed by atoms with Crippen LogP contribution in [0.3, 0.4) is 0 Å². The van der Waals surface area contributed by atoms with E-state index in [1.54, 1.807) is 24.7 Å². The van der Waals surface area contributed by atoms with Crippen molar-refractivity contribution < 1.29 is 9.15 Å². The highest BCUT2D eigenvalue weighted by Crippen LogP contribution is 2.27. The summed E-state index contributed by atoms with van der Waals surface area (Å²) >= 11 is 1.70. The average molecular weight is 252 g/mol. The molecule has 0 aliphatic rings. The van der Waals surface area contributed by atoms with Gasteiger partial charge in [0.2, 0.25) is 0 Å². The number of hydrogen-bond acceptors (Lipinski definition) is 5. The van der Waals surface area contributed by atoms with Crippen molar-refractivity contribution in [2.75, 3.05) is 20.3 Å². The van der Waals surface area contributed by atoms with Gasteiger partial charge in [0, 0.05) is 25.1 Å². The predicted octanol–water partition coefficient (Wildman–Crippen LogP) is 2.45. The van der Waals surface area contributed by atoms with Gasteiger partial charge in [-0.05, 0) is 19.1 Å². The summed E-state index contributed by atoms with van der Waals surface area (Å²) in [5.41, 5.74) is 0.948. The lowest BCUT2D eigenvalue weighted by Gasteiger charge is -1.99. The van der Waals surface area contributed by atoms with Crippen LogP contribution in [0, 0.1) is 6.92 Å². The number of nitrogens with zero attached hydrogens (tertiary/aromatic N) is 1. The van der Waals surface area contributed by atoms with Gasteiger partial charge < -0.3 is 14.5 Å². The van der Waals surface area contributed by atoms with Gasteiger partial charge in [0.15, 0.2) is 5.76 Å². The van der Waals surface area contributed by atoms with Crippen molar-refractivity contribution in [2.45, 2.75) is 13.5 Å². The molecule has 0 fully saturated rings. The van der Waals surface area contributed by atoms with Crippen LogP contribution < -0.4 is 5.32 Å². The van der Waals surface area contributed by atoms with Crippen LogP contribution in [0.25, 0.3) is 11.5 Å². The number of nitrogens with one attached hydrogen (secondary N) is 1. The van der Waals surface area contributed by atoms with Crippen LogP contribution in [0.1, 0.15) is 9.88 Å². The lowest BCUT2D eigenvalue weighted by molar-refractivity contribution is 0.199. The smallest absolute Gasteiger partial charge is 0.153 e. The minimum absolute atomic E-state index is 0.718. The van der Waals surface area contributed by atoms with E-state index in [9.17, 15) is 0 Å². The zero-order chi connectivity index (χ0) is 12.1. The Labute approximate surface area is 105 Å². The van der Waals surface area contributed by atoms with E-state index in [4.69, 9.17) is 9.15 Å². The number of aromatic nitrogens is 1. The first kappa shape index (κ1) is 12.3. The van der Waals surface area contributed by atoms with Gasteiger partial charge in [0.1, 0.15) is 10.7 Å². The molecule has 5 heteroatoms. The summed E-state index contributed by atoms with van der Waals surface area (Å²) in [4.78, 5) is 5.76. The summed E-state index contributed by atoms with van der Waals surface area (Å²) < 4.78 is 10.3. The van der Waals surface area contributed by atoms with Crippen molar-refractivity contribution in [3.8, 4) is 11.5 Å². The summed E-state index contributed by atoms with van der Waals surface area (Å²) in [5, 5.41) is 4.35. The van der Waals surface area contributed by atoms with Gasteiger partial charge in [-0.15, -0.1) is 11.3 Å². The fourth-order valence-electron chi connectivity index (χ4n) is 1.54. The maximum Gasteiger partial charge on any atom is 0.153 e. The van der Waals surface area contributed by atoms with Gasteiger partial charge in [0.25, 0.3) is 0 Å². The molecule has 0 saturated heterocycles. The third-order valence-electron chi connectivity index (χ3n) is 2.35. The Morgan fingerprint density at radius 2 is 2.41 bits per heavy atom. The molecule has 0 radical (unpaired) electrons. The summed E-state index contributed by atoms with van der Waals surface area (Å²) in [6.45, 7) is 4.39. The second-order valence-electron chi connectivity index (χ2n) is 3.66. The Bertz CT molecular complexity index is 451. The SMILES string of the molecule is COCCNCc1nc(-c2ccco2)c(C)s1. The van der Waals surface area contributed by atoms with E-state index in [1.807, 2.05) is 12.1 Å². The van der Waals surface area contributed by atoms with E-state index < -0.39 is 0 Å². The molecular weight excluding hydrogens is 236 g/mol. The molecule has 92 valence electrons. The predicted molar refractivity (Wildman–Crippen MR) is 68.1 cm³/mol. The Kier molecular flexibility index (Phi) is 4.30. The lowest BCUT2D eigenvalue weighted by Crippen LogP contribution is -2.18. The van der Waals surface area contributed by atoms with Crippen molar-refractivity contribution in [3.05, 3.63) is 28.3 Å². The minimum atomic E-state index is 0.718. The zero-order valence-electron chi connectivity index (χ0n) is 10.0.